The van der Waals surface area contributed by atoms with Gasteiger partial charge in [0.1, 0.15) is 4.90 Å². The van der Waals surface area contributed by atoms with Crippen LogP contribution in [0.2, 0.25) is 5.02 Å². The Morgan fingerprint density at radius 3 is 2.29 bits per heavy atom. The molecule has 0 amide bonds. The van der Waals surface area contributed by atoms with Gasteiger partial charge in [0.25, 0.3) is 0 Å². The lowest BCUT2D eigenvalue weighted by atomic mass is 10.2. The minimum absolute atomic E-state index is 0.0301. The Morgan fingerprint density at radius 1 is 1.14 bits per heavy atom. The van der Waals surface area contributed by atoms with Gasteiger partial charge < -0.3 is 5.73 Å². The summed E-state index contributed by atoms with van der Waals surface area (Å²) in [6.07, 6.45) is 1.36. The van der Waals surface area contributed by atoms with Crippen LogP contribution >= 0.6 is 11.6 Å². The molecule has 0 saturated carbocycles. The van der Waals surface area contributed by atoms with Crippen molar-refractivity contribution in [2.75, 3.05) is 19.3 Å². The summed E-state index contributed by atoms with van der Waals surface area (Å²) in [4.78, 5) is -0.0301. The van der Waals surface area contributed by atoms with Gasteiger partial charge in [-0.2, -0.15) is 0 Å². The van der Waals surface area contributed by atoms with Gasteiger partial charge in [-0.3, -0.25) is 0 Å². The summed E-state index contributed by atoms with van der Waals surface area (Å²) >= 11 is 5.93. The molecule has 21 heavy (non-hydrogen) atoms. The standard InChI is InChI=1S/C11H18ClN3O4S2/c1-20(16,17)14-5-2-6-15-21(18,19)11-4-3-9(8-13)7-10(11)12/h3-4,7,14-15H,2,5-6,8,13H2,1H3. The van der Waals surface area contributed by atoms with E-state index in [2.05, 4.69) is 9.44 Å². The van der Waals surface area contributed by atoms with Crippen LogP contribution in [0.4, 0.5) is 0 Å². The van der Waals surface area contributed by atoms with Crippen molar-refractivity contribution >= 4 is 31.6 Å². The first-order valence-electron chi connectivity index (χ1n) is 6.08. The predicted octanol–water partition coefficient (Wildman–Crippen LogP) is 0.0163. The van der Waals surface area contributed by atoms with E-state index in [1.165, 1.54) is 12.1 Å². The quantitative estimate of drug-likeness (QED) is 0.568. The van der Waals surface area contributed by atoms with E-state index in [9.17, 15) is 16.8 Å². The molecule has 0 unspecified atom stereocenters. The molecular weight excluding hydrogens is 338 g/mol. The SMILES string of the molecule is CS(=O)(=O)NCCCNS(=O)(=O)c1ccc(CN)cc1Cl. The van der Waals surface area contributed by atoms with E-state index in [0.29, 0.717) is 6.42 Å². The maximum Gasteiger partial charge on any atom is 0.242 e. The molecule has 0 spiro atoms. The van der Waals surface area contributed by atoms with Crippen molar-refractivity contribution in [2.45, 2.75) is 17.9 Å². The number of hydrogen-bond acceptors (Lipinski definition) is 5. The summed E-state index contributed by atoms with van der Waals surface area (Å²) in [6.45, 7) is 0.520. The van der Waals surface area contributed by atoms with Crippen molar-refractivity contribution in [3.63, 3.8) is 0 Å². The van der Waals surface area contributed by atoms with Crippen LogP contribution in [0.1, 0.15) is 12.0 Å². The lowest BCUT2D eigenvalue weighted by molar-refractivity contribution is 0.575. The monoisotopic (exact) mass is 355 g/mol. The normalized spacial score (nSPS) is 12.5. The first kappa shape index (κ1) is 18.3. The van der Waals surface area contributed by atoms with E-state index in [-0.39, 0.29) is 29.6 Å². The third-order valence-corrected chi connectivity index (χ3v) is 5.20. The van der Waals surface area contributed by atoms with E-state index in [4.69, 9.17) is 17.3 Å². The molecule has 120 valence electrons. The molecule has 0 saturated heterocycles. The number of sulfonamides is 2. The summed E-state index contributed by atoms with van der Waals surface area (Å²) in [6, 6.07) is 4.48. The molecule has 0 atom stereocenters. The molecule has 7 nitrogen and oxygen atoms in total. The fourth-order valence-corrected chi connectivity index (χ4v) is 3.67. The van der Waals surface area contributed by atoms with Gasteiger partial charge in [-0.25, -0.2) is 26.3 Å². The molecule has 0 fully saturated rings. The molecule has 0 heterocycles. The van der Waals surface area contributed by atoms with Crippen LogP contribution in [-0.4, -0.2) is 36.2 Å². The lowest BCUT2D eigenvalue weighted by Crippen LogP contribution is -2.29. The molecule has 1 aromatic rings. The van der Waals surface area contributed by atoms with Gasteiger partial charge in [0.15, 0.2) is 0 Å². The largest absolute Gasteiger partial charge is 0.326 e. The molecule has 0 aliphatic rings. The summed E-state index contributed by atoms with van der Waals surface area (Å²) in [5.74, 6) is 0. The van der Waals surface area contributed by atoms with Gasteiger partial charge in [-0.05, 0) is 24.1 Å². The highest BCUT2D eigenvalue weighted by atomic mass is 35.5. The maximum atomic E-state index is 12.0. The third kappa shape index (κ3) is 6.29. The molecule has 0 aliphatic heterocycles. The van der Waals surface area contributed by atoms with Crippen LogP contribution in [0.3, 0.4) is 0 Å². The van der Waals surface area contributed by atoms with Gasteiger partial charge in [0.05, 0.1) is 11.3 Å². The Bertz CT molecular complexity index is 689. The van der Waals surface area contributed by atoms with Gasteiger partial charge in [-0.1, -0.05) is 17.7 Å². The fourth-order valence-electron chi connectivity index (χ4n) is 1.52. The molecular formula is C11H18ClN3O4S2. The summed E-state index contributed by atoms with van der Waals surface area (Å²) < 4.78 is 50.4. The van der Waals surface area contributed by atoms with Crippen molar-refractivity contribution in [1.82, 2.24) is 9.44 Å². The first-order valence-corrected chi connectivity index (χ1v) is 9.84. The number of nitrogens with one attached hydrogen (secondary N) is 2. The molecule has 0 aromatic heterocycles. The van der Waals surface area contributed by atoms with Crippen LogP contribution in [0, 0.1) is 0 Å². The van der Waals surface area contributed by atoms with Crippen LogP contribution < -0.4 is 15.2 Å². The number of halogens is 1. The number of nitrogens with two attached hydrogens (primary N) is 1. The summed E-state index contributed by atoms with van der Waals surface area (Å²) in [5, 5.41) is 0.0970. The van der Waals surface area contributed by atoms with Crippen molar-refractivity contribution in [2.24, 2.45) is 5.73 Å². The molecule has 10 heteroatoms. The van der Waals surface area contributed by atoms with Gasteiger partial charge in [0, 0.05) is 19.6 Å². The molecule has 0 radical (unpaired) electrons. The molecule has 1 rings (SSSR count). The smallest absolute Gasteiger partial charge is 0.242 e. The molecule has 4 N–H and O–H groups in total. The highest BCUT2D eigenvalue weighted by Gasteiger charge is 2.17. The summed E-state index contributed by atoms with van der Waals surface area (Å²) in [7, 11) is -7.00. The second-order valence-corrected chi connectivity index (χ2v) is 8.36. The van der Waals surface area contributed by atoms with E-state index in [0.717, 1.165) is 11.8 Å². The fraction of sp³-hybridized carbons (Fsp3) is 0.455. The van der Waals surface area contributed by atoms with Crippen LogP contribution in [-0.2, 0) is 26.6 Å². The Kier molecular flexibility index (Phi) is 6.57. The zero-order valence-corrected chi connectivity index (χ0v) is 13.9. The second kappa shape index (κ2) is 7.52. The van der Waals surface area contributed by atoms with E-state index < -0.39 is 20.0 Å². The molecule has 0 bridgehead atoms. The topological polar surface area (TPSA) is 118 Å². The Balaban J connectivity index is 2.62. The minimum atomic E-state index is -3.73. The number of hydrogen-bond donors (Lipinski definition) is 3. The van der Waals surface area contributed by atoms with Crippen molar-refractivity contribution in [3.8, 4) is 0 Å². The Hall–Kier alpha value is -0.710. The Morgan fingerprint density at radius 2 is 1.76 bits per heavy atom. The van der Waals surface area contributed by atoms with Crippen molar-refractivity contribution < 1.29 is 16.8 Å². The zero-order chi connectivity index (χ0) is 16.1. The molecule has 1 aromatic carbocycles. The molecule has 0 aliphatic carbocycles. The maximum absolute atomic E-state index is 12.0. The average Bonchev–Trinajstić information content (AvgIpc) is 2.36. The second-order valence-electron chi connectivity index (χ2n) is 4.39. The highest BCUT2D eigenvalue weighted by Crippen LogP contribution is 2.22. The van der Waals surface area contributed by atoms with Gasteiger partial charge in [0.2, 0.25) is 20.0 Å². The van der Waals surface area contributed by atoms with E-state index >= 15 is 0 Å². The van der Waals surface area contributed by atoms with Crippen molar-refractivity contribution in [3.05, 3.63) is 28.8 Å². The van der Waals surface area contributed by atoms with E-state index in [1.807, 2.05) is 0 Å². The van der Waals surface area contributed by atoms with Gasteiger partial charge in [-0.15, -0.1) is 0 Å². The van der Waals surface area contributed by atoms with Crippen molar-refractivity contribution in [1.29, 1.82) is 0 Å². The Labute approximate surface area is 130 Å². The van der Waals surface area contributed by atoms with Gasteiger partial charge >= 0.3 is 0 Å². The van der Waals surface area contributed by atoms with Crippen LogP contribution in [0.15, 0.2) is 23.1 Å². The predicted molar refractivity (Wildman–Crippen MR) is 82.0 cm³/mol. The summed E-state index contributed by atoms with van der Waals surface area (Å²) in [5.41, 5.74) is 6.18. The minimum Gasteiger partial charge on any atom is -0.326 e. The number of rotatable bonds is 8. The highest BCUT2D eigenvalue weighted by molar-refractivity contribution is 7.89. The van der Waals surface area contributed by atoms with Crippen LogP contribution in [0.5, 0.6) is 0 Å². The van der Waals surface area contributed by atoms with Crippen LogP contribution in [0.25, 0.3) is 0 Å². The zero-order valence-electron chi connectivity index (χ0n) is 11.5. The number of benzene rings is 1. The first-order chi connectivity index (χ1) is 9.65. The average molecular weight is 356 g/mol. The third-order valence-electron chi connectivity index (χ3n) is 2.53. The van der Waals surface area contributed by atoms with E-state index in [1.54, 1.807) is 6.07 Å². The lowest BCUT2D eigenvalue weighted by Gasteiger charge is -2.09.